The Balaban J connectivity index is 2.66. The maximum atomic E-state index is 12.8. The predicted octanol–water partition coefficient (Wildman–Crippen LogP) is 2.53. The van der Waals surface area contributed by atoms with Crippen molar-refractivity contribution < 1.29 is 4.39 Å². The van der Waals surface area contributed by atoms with Gasteiger partial charge in [-0.1, -0.05) is 0 Å². The summed E-state index contributed by atoms with van der Waals surface area (Å²) in [5, 5.41) is 8.52. The van der Waals surface area contributed by atoms with Gasteiger partial charge in [-0.05, 0) is 33.6 Å². The molecule has 70 valence electrons. The van der Waals surface area contributed by atoms with Gasteiger partial charge in [-0.2, -0.15) is 9.65 Å². The zero-order valence-electron chi connectivity index (χ0n) is 7.01. The van der Waals surface area contributed by atoms with Gasteiger partial charge in [-0.25, -0.2) is 4.98 Å². The van der Waals surface area contributed by atoms with Crippen LogP contribution in [0, 0.1) is 17.4 Å². The van der Waals surface area contributed by atoms with E-state index >= 15 is 0 Å². The minimum atomic E-state index is -0.616. The van der Waals surface area contributed by atoms with E-state index in [-0.39, 0.29) is 0 Å². The number of nitrogens with one attached hydrogen (secondary N) is 1. The highest BCUT2D eigenvalue weighted by atomic mass is 79.9. The number of imidazole rings is 1. The molecule has 1 heterocycles. The van der Waals surface area contributed by atoms with Crippen LogP contribution >= 0.6 is 15.9 Å². The van der Waals surface area contributed by atoms with Crippen LogP contribution in [0.5, 0.6) is 0 Å². The Kier molecular flexibility index (Phi) is 2.22. The molecule has 0 saturated heterocycles. The van der Waals surface area contributed by atoms with Crippen molar-refractivity contribution in [2.75, 3.05) is 0 Å². The summed E-state index contributed by atoms with van der Waals surface area (Å²) < 4.78 is 13.5. The molecule has 0 saturated carbocycles. The van der Waals surface area contributed by atoms with Crippen LogP contribution in [0.3, 0.4) is 0 Å². The predicted molar refractivity (Wildman–Crippen MR) is 53.1 cm³/mol. The van der Waals surface area contributed by atoms with Gasteiger partial charge >= 0.3 is 0 Å². The summed E-state index contributed by atoms with van der Waals surface area (Å²) in [7, 11) is 0. The molecule has 2 rings (SSSR count). The molecule has 1 aromatic heterocycles. The lowest BCUT2D eigenvalue weighted by molar-refractivity contribution is 0.556. The van der Waals surface area contributed by atoms with Crippen molar-refractivity contribution in [2.45, 2.75) is 6.42 Å². The topological polar surface area (TPSA) is 52.5 Å². The van der Waals surface area contributed by atoms with E-state index in [1.807, 2.05) is 6.07 Å². The number of fused-ring (bicyclic) bond motifs is 1. The number of halogens is 2. The Morgan fingerprint density at radius 2 is 2.36 bits per heavy atom. The van der Waals surface area contributed by atoms with Gasteiger partial charge in [0, 0.05) is 4.47 Å². The highest BCUT2D eigenvalue weighted by Crippen LogP contribution is 2.23. The first-order valence-electron chi connectivity index (χ1n) is 3.91. The minimum Gasteiger partial charge on any atom is -0.314 e. The van der Waals surface area contributed by atoms with E-state index in [1.165, 1.54) is 0 Å². The van der Waals surface area contributed by atoms with Crippen molar-refractivity contribution in [3.05, 3.63) is 28.2 Å². The molecule has 0 aliphatic carbocycles. The monoisotopic (exact) mass is 253 g/mol. The molecule has 0 bridgehead atoms. The second-order valence-corrected chi connectivity index (χ2v) is 3.69. The van der Waals surface area contributed by atoms with Crippen molar-refractivity contribution in [2.24, 2.45) is 0 Å². The Hall–Kier alpha value is -1.41. The van der Waals surface area contributed by atoms with Crippen LogP contribution in [0.1, 0.15) is 5.56 Å². The maximum absolute atomic E-state index is 12.8. The van der Waals surface area contributed by atoms with Crippen LogP contribution in [-0.2, 0) is 6.42 Å². The molecule has 3 nitrogen and oxygen atoms in total. The van der Waals surface area contributed by atoms with Crippen molar-refractivity contribution in [3.8, 4) is 6.07 Å². The second-order valence-electron chi connectivity index (χ2n) is 2.84. The molecule has 0 aliphatic heterocycles. The Labute approximate surface area is 87.7 Å². The average molecular weight is 254 g/mol. The molecule has 0 amide bonds. The first-order valence-corrected chi connectivity index (χ1v) is 4.70. The zero-order valence-corrected chi connectivity index (χ0v) is 8.60. The summed E-state index contributed by atoms with van der Waals surface area (Å²) >= 11 is 3.27. The van der Waals surface area contributed by atoms with Gasteiger partial charge in [0.15, 0.2) is 0 Å². The van der Waals surface area contributed by atoms with Crippen molar-refractivity contribution in [1.29, 1.82) is 5.26 Å². The molecule has 14 heavy (non-hydrogen) atoms. The van der Waals surface area contributed by atoms with Gasteiger partial charge in [-0.15, -0.1) is 0 Å². The lowest BCUT2D eigenvalue weighted by Crippen LogP contribution is -1.82. The molecule has 0 aliphatic rings. The quantitative estimate of drug-likeness (QED) is 0.850. The van der Waals surface area contributed by atoms with E-state index in [1.54, 1.807) is 12.1 Å². The van der Waals surface area contributed by atoms with Gasteiger partial charge in [0.05, 0.1) is 18.0 Å². The normalized spacial score (nSPS) is 10.4. The van der Waals surface area contributed by atoms with Crippen molar-refractivity contribution in [1.82, 2.24) is 9.97 Å². The number of benzene rings is 1. The zero-order chi connectivity index (χ0) is 10.1. The Morgan fingerprint density at radius 1 is 1.57 bits per heavy atom. The fourth-order valence-electron chi connectivity index (χ4n) is 1.29. The molecule has 1 N–H and O–H groups in total. The van der Waals surface area contributed by atoms with Gasteiger partial charge in [-0.3, -0.25) is 0 Å². The molecular weight excluding hydrogens is 249 g/mol. The maximum Gasteiger partial charge on any atom is 0.287 e. The number of nitriles is 1. The van der Waals surface area contributed by atoms with Crippen LogP contribution in [0.15, 0.2) is 16.6 Å². The van der Waals surface area contributed by atoms with E-state index < -0.39 is 6.08 Å². The number of rotatable bonds is 1. The van der Waals surface area contributed by atoms with Gasteiger partial charge < -0.3 is 4.98 Å². The minimum absolute atomic E-state index is 0.301. The number of hydrogen-bond donors (Lipinski definition) is 1. The van der Waals surface area contributed by atoms with E-state index in [0.29, 0.717) is 21.9 Å². The standard InChI is InChI=1S/C9H5BrFN3/c10-6-3-5(1-2-12)4-7-8(6)14-9(11)13-7/h3-4H,1H2,(H,13,14). The SMILES string of the molecule is N#CCc1cc(Br)c2nc(F)[nH]c2c1. The summed E-state index contributed by atoms with van der Waals surface area (Å²) in [6.07, 6.45) is -0.315. The van der Waals surface area contributed by atoms with Gasteiger partial charge in [0.2, 0.25) is 0 Å². The van der Waals surface area contributed by atoms with Crippen LogP contribution in [-0.4, -0.2) is 9.97 Å². The van der Waals surface area contributed by atoms with E-state index in [4.69, 9.17) is 5.26 Å². The Bertz CT molecular complexity index is 527. The van der Waals surface area contributed by atoms with Crippen molar-refractivity contribution in [3.63, 3.8) is 0 Å². The van der Waals surface area contributed by atoms with E-state index in [9.17, 15) is 4.39 Å². The smallest absolute Gasteiger partial charge is 0.287 e. The molecule has 0 radical (unpaired) electrons. The summed E-state index contributed by atoms with van der Waals surface area (Å²) in [5.74, 6) is 0. The third-order valence-electron chi connectivity index (χ3n) is 1.85. The van der Waals surface area contributed by atoms with Gasteiger partial charge in [0.1, 0.15) is 5.52 Å². The molecule has 0 fully saturated rings. The molecular formula is C9H5BrFN3. The fourth-order valence-corrected chi connectivity index (χ4v) is 1.89. The first kappa shape index (κ1) is 9.16. The summed E-state index contributed by atoms with van der Waals surface area (Å²) in [5.41, 5.74) is 1.97. The van der Waals surface area contributed by atoms with Crippen LogP contribution in [0.4, 0.5) is 4.39 Å². The van der Waals surface area contributed by atoms with E-state index in [2.05, 4.69) is 25.9 Å². The molecule has 5 heteroatoms. The molecule has 0 atom stereocenters. The molecule has 0 spiro atoms. The van der Waals surface area contributed by atoms with Gasteiger partial charge in [0.25, 0.3) is 6.08 Å². The van der Waals surface area contributed by atoms with Crippen LogP contribution in [0.2, 0.25) is 0 Å². The largest absolute Gasteiger partial charge is 0.314 e. The number of nitrogens with zero attached hydrogens (tertiary/aromatic N) is 2. The van der Waals surface area contributed by atoms with E-state index in [0.717, 1.165) is 5.56 Å². The van der Waals surface area contributed by atoms with Crippen LogP contribution < -0.4 is 0 Å². The number of hydrogen-bond acceptors (Lipinski definition) is 2. The molecule has 1 aromatic carbocycles. The highest BCUT2D eigenvalue weighted by molar-refractivity contribution is 9.10. The fraction of sp³-hybridized carbons (Fsp3) is 0.111. The lowest BCUT2D eigenvalue weighted by atomic mass is 10.1. The Morgan fingerprint density at radius 3 is 3.07 bits per heavy atom. The third-order valence-corrected chi connectivity index (χ3v) is 2.46. The number of aromatic nitrogens is 2. The van der Waals surface area contributed by atoms with Crippen LogP contribution in [0.25, 0.3) is 11.0 Å². The summed E-state index contributed by atoms with van der Waals surface area (Å²) in [6, 6.07) is 5.53. The molecule has 0 unspecified atom stereocenters. The molecule has 2 aromatic rings. The lowest BCUT2D eigenvalue weighted by Gasteiger charge is -1.96. The first-order chi connectivity index (χ1) is 6.70. The summed E-state index contributed by atoms with van der Waals surface area (Å²) in [4.78, 5) is 6.14. The second kappa shape index (κ2) is 3.39. The third kappa shape index (κ3) is 1.49. The number of H-pyrrole nitrogens is 1. The van der Waals surface area contributed by atoms with Crippen molar-refractivity contribution >= 4 is 27.0 Å². The number of aromatic amines is 1. The highest BCUT2D eigenvalue weighted by Gasteiger charge is 2.07. The summed E-state index contributed by atoms with van der Waals surface area (Å²) in [6.45, 7) is 0. The average Bonchev–Trinajstić information content (AvgIpc) is 2.47.